The first-order chi connectivity index (χ1) is 17.0. The third-order valence-corrected chi connectivity index (χ3v) is 6.55. The summed E-state index contributed by atoms with van der Waals surface area (Å²) < 4.78 is 5.48. The quantitative estimate of drug-likeness (QED) is 0.308. The van der Waals surface area contributed by atoms with E-state index in [1.807, 2.05) is 36.4 Å². The molecule has 0 saturated heterocycles. The van der Waals surface area contributed by atoms with Crippen molar-refractivity contribution in [3.8, 4) is 11.1 Å². The molecular weight excluding hydrogens is 470 g/mol. The minimum absolute atomic E-state index is 0.0605. The number of nitrogens with zero attached hydrogens (tertiary/aromatic N) is 2. The molecule has 0 atom stereocenters. The number of hydrogen-bond acceptors (Lipinski definition) is 7. The number of benzene rings is 2. The zero-order chi connectivity index (χ0) is 24.4. The van der Waals surface area contributed by atoms with Gasteiger partial charge in [0.1, 0.15) is 22.2 Å². The van der Waals surface area contributed by atoms with Crippen molar-refractivity contribution in [3.05, 3.63) is 87.5 Å². The van der Waals surface area contributed by atoms with Crippen LogP contribution in [0.5, 0.6) is 0 Å². The Morgan fingerprint density at radius 2 is 1.74 bits per heavy atom. The van der Waals surface area contributed by atoms with Gasteiger partial charge < -0.3 is 15.2 Å². The van der Waals surface area contributed by atoms with Gasteiger partial charge in [-0.3, -0.25) is 15.2 Å². The van der Waals surface area contributed by atoms with Gasteiger partial charge in [0, 0.05) is 12.0 Å². The van der Waals surface area contributed by atoms with Crippen LogP contribution in [0.25, 0.3) is 11.1 Å². The summed E-state index contributed by atoms with van der Waals surface area (Å²) in [6, 6.07) is 17.5. The zero-order valence-electron chi connectivity index (χ0n) is 18.1. The number of rotatable bonds is 7. The molecule has 4 N–H and O–H groups in total. The van der Waals surface area contributed by atoms with E-state index in [-0.39, 0.29) is 35.5 Å². The number of aromatic carboxylic acids is 1. The van der Waals surface area contributed by atoms with Crippen LogP contribution in [0, 0.1) is 0 Å². The molecule has 176 valence electrons. The highest BCUT2D eigenvalue weighted by atomic mass is 32.1. The summed E-state index contributed by atoms with van der Waals surface area (Å²) in [6.07, 6.45) is 0.551. The van der Waals surface area contributed by atoms with Gasteiger partial charge in [0.05, 0.1) is 12.7 Å². The average Bonchev–Trinajstić information content (AvgIpc) is 3.59. The Hall–Kier alpha value is -4.51. The number of aromatic amines is 1. The summed E-state index contributed by atoms with van der Waals surface area (Å²) in [7, 11) is 0. The molecule has 35 heavy (non-hydrogen) atoms. The molecule has 5 rings (SSSR count). The van der Waals surface area contributed by atoms with Crippen molar-refractivity contribution in [2.75, 3.05) is 11.9 Å². The molecule has 0 aliphatic heterocycles. The second-order valence-corrected chi connectivity index (χ2v) is 8.84. The summed E-state index contributed by atoms with van der Waals surface area (Å²) in [5, 5.41) is 21.0. The maximum absolute atomic E-state index is 12.4. The molecule has 2 amide bonds. The van der Waals surface area contributed by atoms with Crippen molar-refractivity contribution >= 4 is 35.1 Å². The fraction of sp³-hybridized carbons (Fsp3) is 0.125. The number of carbonyl (C=O) groups excluding carboxylic acids is 2. The van der Waals surface area contributed by atoms with E-state index < -0.39 is 18.0 Å². The predicted octanol–water partition coefficient (Wildman–Crippen LogP) is 3.86. The molecule has 11 heteroatoms. The van der Waals surface area contributed by atoms with Crippen molar-refractivity contribution in [2.45, 2.75) is 12.5 Å². The number of carboxylic acids is 1. The summed E-state index contributed by atoms with van der Waals surface area (Å²) in [5.74, 6) is -1.49. The Morgan fingerprint density at radius 3 is 2.40 bits per heavy atom. The Morgan fingerprint density at radius 1 is 1.06 bits per heavy atom. The third kappa shape index (κ3) is 4.62. The largest absolute Gasteiger partial charge is 0.477 e. The first kappa shape index (κ1) is 22.3. The molecular formula is C24H19N5O5S. The Labute approximate surface area is 203 Å². The fourth-order valence-electron chi connectivity index (χ4n) is 3.98. The van der Waals surface area contributed by atoms with Gasteiger partial charge in [-0.2, -0.15) is 5.10 Å². The second-order valence-electron chi connectivity index (χ2n) is 7.72. The molecule has 0 saturated carbocycles. The van der Waals surface area contributed by atoms with Crippen LogP contribution in [-0.4, -0.2) is 44.9 Å². The fourth-order valence-corrected chi connectivity index (χ4v) is 4.68. The van der Waals surface area contributed by atoms with Gasteiger partial charge >= 0.3 is 12.1 Å². The van der Waals surface area contributed by atoms with E-state index in [4.69, 9.17) is 9.84 Å². The average molecular weight is 490 g/mol. The van der Waals surface area contributed by atoms with Crippen molar-refractivity contribution in [3.63, 3.8) is 0 Å². The molecule has 0 bridgehead atoms. The number of carbonyl (C=O) groups is 3. The van der Waals surface area contributed by atoms with Crippen LogP contribution in [0.4, 0.5) is 10.6 Å². The molecule has 0 radical (unpaired) electrons. The number of hydrogen-bond donors (Lipinski definition) is 4. The Balaban J connectivity index is 1.16. The van der Waals surface area contributed by atoms with E-state index in [0.717, 1.165) is 33.6 Å². The first-order valence-corrected chi connectivity index (χ1v) is 11.4. The van der Waals surface area contributed by atoms with Crippen LogP contribution in [0.15, 0.2) is 60.8 Å². The second kappa shape index (κ2) is 9.39. The Bertz CT molecular complexity index is 1380. The SMILES string of the molecule is O=C(Nc1cc(C(=O)NCc2ncc(C(=O)O)s2)[nH]n1)OCC1c2ccccc2-c2ccccc21. The molecule has 2 heterocycles. The Kier molecular flexibility index (Phi) is 5.98. The van der Waals surface area contributed by atoms with Gasteiger partial charge in [-0.15, -0.1) is 11.3 Å². The minimum atomic E-state index is -1.07. The van der Waals surface area contributed by atoms with E-state index in [0.29, 0.717) is 5.01 Å². The number of fused-ring (bicyclic) bond motifs is 3. The number of thiazole rings is 1. The first-order valence-electron chi connectivity index (χ1n) is 10.6. The van der Waals surface area contributed by atoms with Gasteiger partial charge in [0.15, 0.2) is 5.82 Å². The minimum Gasteiger partial charge on any atom is -0.477 e. The van der Waals surface area contributed by atoms with Crippen LogP contribution in [0.2, 0.25) is 0 Å². The van der Waals surface area contributed by atoms with E-state index in [9.17, 15) is 14.4 Å². The van der Waals surface area contributed by atoms with Crippen molar-refractivity contribution in [1.82, 2.24) is 20.5 Å². The number of anilines is 1. The van der Waals surface area contributed by atoms with Gasteiger partial charge in [0.25, 0.3) is 5.91 Å². The van der Waals surface area contributed by atoms with Crippen molar-refractivity contribution < 1.29 is 24.2 Å². The highest BCUT2D eigenvalue weighted by molar-refractivity contribution is 7.13. The standard InChI is InChI=1S/C24H19N5O5S/c30-22(26-11-21-25-10-19(35-21)23(31)32)18-9-20(29-28-18)27-24(33)34-12-17-15-7-3-1-5-13(15)14-6-2-4-8-16(14)17/h1-10,17H,11-12H2,(H,26,30)(H,31,32)(H2,27,28,29,33). The number of aromatic nitrogens is 3. The van der Waals surface area contributed by atoms with Gasteiger partial charge in [-0.05, 0) is 22.3 Å². The number of nitrogens with one attached hydrogen (secondary N) is 3. The highest BCUT2D eigenvalue weighted by Crippen LogP contribution is 2.44. The summed E-state index contributed by atoms with van der Waals surface area (Å²) in [5.41, 5.74) is 4.61. The zero-order valence-corrected chi connectivity index (χ0v) is 19.0. The lowest BCUT2D eigenvalue weighted by atomic mass is 9.98. The topological polar surface area (TPSA) is 146 Å². The molecule has 0 fully saturated rings. The lowest BCUT2D eigenvalue weighted by molar-refractivity contribution is 0.0701. The van der Waals surface area contributed by atoms with E-state index >= 15 is 0 Å². The smallest absolute Gasteiger partial charge is 0.412 e. The number of ether oxygens (including phenoxy) is 1. The number of amides is 2. The summed E-state index contributed by atoms with van der Waals surface area (Å²) >= 11 is 0.974. The molecule has 0 spiro atoms. The van der Waals surface area contributed by atoms with E-state index in [1.54, 1.807) is 0 Å². The maximum atomic E-state index is 12.4. The molecule has 1 aliphatic rings. The van der Waals surface area contributed by atoms with Crippen LogP contribution >= 0.6 is 11.3 Å². The van der Waals surface area contributed by atoms with Crippen molar-refractivity contribution in [2.24, 2.45) is 0 Å². The highest BCUT2D eigenvalue weighted by Gasteiger charge is 2.29. The maximum Gasteiger partial charge on any atom is 0.412 e. The van der Waals surface area contributed by atoms with Crippen LogP contribution in [0.3, 0.4) is 0 Å². The summed E-state index contributed by atoms with van der Waals surface area (Å²) in [4.78, 5) is 39.7. The van der Waals surface area contributed by atoms with Crippen molar-refractivity contribution in [1.29, 1.82) is 0 Å². The molecule has 0 unspecified atom stereocenters. The molecule has 1 aliphatic carbocycles. The lowest BCUT2D eigenvalue weighted by Crippen LogP contribution is -2.23. The lowest BCUT2D eigenvalue weighted by Gasteiger charge is -2.14. The summed E-state index contributed by atoms with van der Waals surface area (Å²) in [6.45, 7) is 0.217. The van der Waals surface area contributed by atoms with Crippen LogP contribution in [-0.2, 0) is 11.3 Å². The molecule has 4 aromatic rings. The van der Waals surface area contributed by atoms with Crippen LogP contribution in [0.1, 0.15) is 42.2 Å². The number of H-pyrrole nitrogens is 1. The predicted molar refractivity (Wildman–Crippen MR) is 128 cm³/mol. The normalized spacial score (nSPS) is 12.0. The van der Waals surface area contributed by atoms with E-state index in [1.165, 1.54) is 12.3 Å². The monoisotopic (exact) mass is 489 g/mol. The third-order valence-electron chi connectivity index (χ3n) is 5.56. The van der Waals surface area contributed by atoms with E-state index in [2.05, 4.69) is 37.9 Å². The molecule has 2 aromatic heterocycles. The van der Waals surface area contributed by atoms with Gasteiger partial charge in [0.2, 0.25) is 0 Å². The van der Waals surface area contributed by atoms with Gasteiger partial charge in [-0.1, -0.05) is 48.5 Å². The van der Waals surface area contributed by atoms with Crippen LogP contribution < -0.4 is 10.6 Å². The number of carboxylic acid groups (broad SMARTS) is 1. The van der Waals surface area contributed by atoms with Gasteiger partial charge in [-0.25, -0.2) is 14.6 Å². The molecule has 10 nitrogen and oxygen atoms in total. The molecule has 2 aromatic carbocycles.